The van der Waals surface area contributed by atoms with Crippen molar-refractivity contribution in [3.05, 3.63) is 24.3 Å². The molecule has 0 heterocycles. The van der Waals surface area contributed by atoms with Crippen molar-refractivity contribution in [1.29, 1.82) is 0 Å². The van der Waals surface area contributed by atoms with Crippen molar-refractivity contribution in [2.75, 3.05) is 13.2 Å². The predicted octanol–water partition coefficient (Wildman–Crippen LogP) is 20.2. The van der Waals surface area contributed by atoms with Crippen LogP contribution in [0.2, 0.25) is 0 Å². The van der Waals surface area contributed by atoms with Gasteiger partial charge in [0.15, 0.2) is 0 Å². The maximum Gasteiger partial charge on any atom is 0.305 e. The Bertz CT molecular complexity index is 1110. The van der Waals surface area contributed by atoms with Crippen LogP contribution in [-0.4, -0.2) is 47.4 Å². The highest BCUT2D eigenvalue weighted by Crippen LogP contribution is 2.18. The lowest BCUT2D eigenvalue weighted by atomic mass is 10.0. The number of unbranched alkanes of at least 4 members (excludes halogenated alkanes) is 47. The summed E-state index contributed by atoms with van der Waals surface area (Å²) in [7, 11) is 0. The second-order valence-corrected chi connectivity index (χ2v) is 22.1. The maximum absolute atomic E-state index is 12.5. The van der Waals surface area contributed by atoms with Gasteiger partial charge in [-0.2, -0.15) is 0 Å². The van der Waals surface area contributed by atoms with Gasteiger partial charge in [0.25, 0.3) is 0 Å². The molecule has 2 atom stereocenters. The summed E-state index contributed by atoms with van der Waals surface area (Å²) in [6, 6.07) is -0.630. The summed E-state index contributed by atoms with van der Waals surface area (Å²) >= 11 is 0. The van der Waals surface area contributed by atoms with Crippen molar-refractivity contribution in [3.8, 4) is 0 Å². The SMILES string of the molecule is CCCCCCC/C=C\CCCCCCCC(=O)OCCCCCCCCCCCCCCCCCCCCCCC(=O)NC(CO)C(O)/C=C/CCCCCCCCCCCCCCCCCCCC. The van der Waals surface area contributed by atoms with Crippen LogP contribution >= 0.6 is 0 Å². The third-order valence-electron chi connectivity index (χ3n) is 15.0. The number of esters is 1. The Morgan fingerprint density at radius 3 is 1.00 bits per heavy atom. The Kier molecular flexibility index (Phi) is 59.5. The van der Waals surface area contributed by atoms with Gasteiger partial charge < -0.3 is 20.3 Å². The third-order valence-corrected chi connectivity index (χ3v) is 15.0. The summed E-state index contributed by atoms with van der Waals surface area (Å²) in [5.41, 5.74) is 0. The number of hydrogen-bond acceptors (Lipinski definition) is 5. The van der Waals surface area contributed by atoms with E-state index in [1.54, 1.807) is 6.08 Å². The zero-order valence-corrected chi connectivity index (χ0v) is 48.0. The zero-order valence-electron chi connectivity index (χ0n) is 48.0. The molecule has 0 aromatic heterocycles. The molecule has 0 aliphatic rings. The molecule has 0 saturated carbocycles. The van der Waals surface area contributed by atoms with Crippen LogP contribution in [0.1, 0.15) is 354 Å². The highest BCUT2D eigenvalue weighted by molar-refractivity contribution is 5.76. The smallest absolute Gasteiger partial charge is 0.305 e. The lowest BCUT2D eigenvalue weighted by Gasteiger charge is -2.20. The van der Waals surface area contributed by atoms with E-state index < -0.39 is 12.1 Å². The summed E-state index contributed by atoms with van der Waals surface area (Å²) in [4.78, 5) is 24.5. The van der Waals surface area contributed by atoms with Gasteiger partial charge in [0, 0.05) is 12.8 Å². The van der Waals surface area contributed by atoms with Crippen LogP contribution in [0.15, 0.2) is 24.3 Å². The largest absolute Gasteiger partial charge is 0.466 e. The van der Waals surface area contributed by atoms with Gasteiger partial charge in [-0.25, -0.2) is 0 Å². The number of nitrogens with one attached hydrogen (secondary N) is 1. The van der Waals surface area contributed by atoms with Gasteiger partial charge in [0.2, 0.25) is 5.91 Å². The Morgan fingerprint density at radius 2 is 0.662 bits per heavy atom. The average molecular weight is 1000 g/mol. The summed E-state index contributed by atoms with van der Waals surface area (Å²) in [6.07, 6.45) is 75.0. The number of rotatable bonds is 60. The van der Waals surface area contributed by atoms with Crippen molar-refractivity contribution in [3.63, 3.8) is 0 Å². The Balaban J connectivity index is 3.42. The molecule has 0 fully saturated rings. The molecule has 420 valence electrons. The van der Waals surface area contributed by atoms with E-state index in [1.165, 1.54) is 283 Å². The molecule has 0 saturated heterocycles. The van der Waals surface area contributed by atoms with E-state index in [0.29, 0.717) is 19.4 Å². The lowest BCUT2D eigenvalue weighted by Crippen LogP contribution is -2.45. The van der Waals surface area contributed by atoms with Crippen molar-refractivity contribution >= 4 is 11.9 Å². The number of ether oxygens (including phenoxy) is 1. The monoisotopic (exact) mass is 1000 g/mol. The molecule has 0 bridgehead atoms. The van der Waals surface area contributed by atoms with Gasteiger partial charge in [0.05, 0.1) is 25.4 Å². The van der Waals surface area contributed by atoms with Crippen LogP contribution in [0.4, 0.5) is 0 Å². The number of carbonyl (C=O) groups excluding carboxylic acids is 2. The first-order chi connectivity index (χ1) is 35.0. The summed E-state index contributed by atoms with van der Waals surface area (Å²) in [6.45, 7) is 4.91. The second kappa shape index (κ2) is 60.9. The number of aliphatic hydroxyl groups is 2. The van der Waals surface area contributed by atoms with E-state index in [9.17, 15) is 19.8 Å². The molecular weight excluding hydrogens is 875 g/mol. The first kappa shape index (κ1) is 69.3. The molecule has 0 aliphatic carbocycles. The average Bonchev–Trinajstić information content (AvgIpc) is 3.37. The minimum absolute atomic E-state index is 0.00195. The Morgan fingerprint density at radius 1 is 0.380 bits per heavy atom. The third kappa shape index (κ3) is 57.5. The maximum atomic E-state index is 12.5. The molecule has 1 amide bonds. The van der Waals surface area contributed by atoms with E-state index in [4.69, 9.17) is 4.74 Å². The molecule has 3 N–H and O–H groups in total. The predicted molar refractivity (Wildman–Crippen MR) is 310 cm³/mol. The molecule has 71 heavy (non-hydrogen) atoms. The fraction of sp³-hybridized carbons (Fsp3) is 0.908. The fourth-order valence-corrected chi connectivity index (χ4v) is 10.0. The molecule has 0 radical (unpaired) electrons. The van der Waals surface area contributed by atoms with Crippen LogP contribution in [0.3, 0.4) is 0 Å². The van der Waals surface area contributed by atoms with Crippen LogP contribution in [-0.2, 0) is 14.3 Å². The molecular formula is C65H125NO5. The molecule has 2 unspecified atom stereocenters. The van der Waals surface area contributed by atoms with Gasteiger partial charge in [-0.15, -0.1) is 0 Å². The minimum Gasteiger partial charge on any atom is -0.466 e. The van der Waals surface area contributed by atoms with Gasteiger partial charge in [-0.1, -0.05) is 308 Å². The Labute approximate surface area is 443 Å². The quantitative estimate of drug-likeness (QED) is 0.0320. The van der Waals surface area contributed by atoms with Crippen LogP contribution < -0.4 is 5.32 Å². The molecule has 0 aliphatic heterocycles. The number of amides is 1. The molecule has 0 aromatic rings. The van der Waals surface area contributed by atoms with E-state index in [1.807, 2.05) is 6.08 Å². The molecule has 6 heteroatoms. The fourth-order valence-electron chi connectivity index (χ4n) is 10.0. The van der Waals surface area contributed by atoms with Gasteiger partial charge in [-0.05, 0) is 57.8 Å². The van der Waals surface area contributed by atoms with Crippen molar-refractivity contribution in [2.24, 2.45) is 0 Å². The lowest BCUT2D eigenvalue weighted by molar-refractivity contribution is -0.143. The normalized spacial score (nSPS) is 12.7. The van der Waals surface area contributed by atoms with Crippen LogP contribution in [0, 0.1) is 0 Å². The molecule has 0 spiro atoms. The summed E-state index contributed by atoms with van der Waals surface area (Å²) < 4.78 is 5.48. The van der Waals surface area contributed by atoms with Gasteiger partial charge in [0.1, 0.15) is 0 Å². The van der Waals surface area contributed by atoms with E-state index in [-0.39, 0.29) is 18.5 Å². The Hall–Kier alpha value is -1.66. The van der Waals surface area contributed by atoms with E-state index in [2.05, 4.69) is 31.3 Å². The zero-order chi connectivity index (χ0) is 51.4. The van der Waals surface area contributed by atoms with Crippen LogP contribution in [0.25, 0.3) is 0 Å². The number of allylic oxidation sites excluding steroid dienone is 3. The van der Waals surface area contributed by atoms with Crippen LogP contribution in [0.5, 0.6) is 0 Å². The minimum atomic E-state index is -0.846. The van der Waals surface area contributed by atoms with E-state index in [0.717, 1.165) is 44.9 Å². The van der Waals surface area contributed by atoms with Crippen molar-refractivity contribution in [1.82, 2.24) is 5.32 Å². The van der Waals surface area contributed by atoms with Crippen molar-refractivity contribution in [2.45, 2.75) is 366 Å². The summed E-state index contributed by atoms with van der Waals surface area (Å²) in [5, 5.41) is 23.2. The summed E-state index contributed by atoms with van der Waals surface area (Å²) in [5.74, 6) is -0.0648. The number of hydrogen-bond donors (Lipinski definition) is 3. The van der Waals surface area contributed by atoms with Crippen molar-refractivity contribution < 1.29 is 24.5 Å². The first-order valence-electron chi connectivity index (χ1n) is 32.1. The standard InChI is InChI=1S/C65H125NO5/c1-3-5-7-9-11-13-15-17-19-20-21-24-27-30-33-37-41-45-49-53-57-63(68)62(61-67)66-64(69)58-54-50-46-42-38-34-31-28-25-22-23-26-29-32-36-40-44-48-52-56-60-71-65(70)59-55-51-47-43-39-35-18-16-14-12-10-8-6-4-2/h16,18,53,57,62-63,67-68H,3-15,17,19-52,54-56,58-61H2,1-2H3,(H,66,69)/b18-16-,57-53+. The topological polar surface area (TPSA) is 95.9 Å². The molecule has 0 rings (SSSR count). The molecule has 6 nitrogen and oxygen atoms in total. The van der Waals surface area contributed by atoms with E-state index >= 15 is 0 Å². The molecule has 0 aromatic carbocycles. The number of aliphatic hydroxyl groups excluding tert-OH is 2. The highest BCUT2D eigenvalue weighted by Gasteiger charge is 2.18. The second-order valence-electron chi connectivity index (χ2n) is 22.1. The van der Waals surface area contributed by atoms with Gasteiger partial charge >= 0.3 is 5.97 Å². The number of carbonyl (C=O) groups is 2. The highest BCUT2D eigenvalue weighted by atomic mass is 16.5. The first-order valence-corrected chi connectivity index (χ1v) is 32.1. The van der Waals surface area contributed by atoms with Gasteiger partial charge in [-0.3, -0.25) is 9.59 Å².